The Kier molecular flexibility index (Phi) is 9.28. The number of fused-ring (bicyclic) bond motifs is 1. The van der Waals surface area contributed by atoms with Gasteiger partial charge in [0.15, 0.2) is 0 Å². The average molecular weight is 548 g/mol. The molecule has 2 unspecified atom stereocenters. The van der Waals surface area contributed by atoms with Crippen LogP contribution < -0.4 is 14.8 Å². The number of hydrogen-bond donors (Lipinski definition) is 1. The molecule has 0 saturated heterocycles. The number of nitrogens with one attached hydrogen (secondary N) is 1. The number of anilines is 1. The Morgan fingerprint density at radius 2 is 1.73 bits per heavy atom. The van der Waals surface area contributed by atoms with E-state index in [0.717, 1.165) is 46.2 Å². The van der Waals surface area contributed by atoms with Gasteiger partial charge in [-0.05, 0) is 79.8 Å². The van der Waals surface area contributed by atoms with Crippen molar-refractivity contribution in [2.24, 2.45) is 5.92 Å². The van der Waals surface area contributed by atoms with E-state index in [9.17, 15) is 4.39 Å². The molecule has 3 aromatic carbocycles. The molecule has 1 saturated carbocycles. The largest absolute Gasteiger partial charge is 0.497 e. The number of hydrogen-bond acceptors (Lipinski definition) is 5. The zero-order chi connectivity index (χ0) is 28.0. The summed E-state index contributed by atoms with van der Waals surface area (Å²) in [5.41, 5.74) is 3.29. The minimum atomic E-state index is -0.631. The van der Waals surface area contributed by atoms with E-state index in [1.165, 1.54) is 44.2 Å². The molecule has 1 N–H and O–H groups in total. The van der Waals surface area contributed by atoms with Gasteiger partial charge < -0.3 is 24.3 Å². The molecule has 2 atom stereocenters. The number of benzene rings is 3. The normalized spacial score (nSPS) is 20.4. The second-order valence-corrected chi connectivity index (χ2v) is 11.6. The van der Waals surface area contributed by atoms with E-state index in [0.29, 0.717) is 13.2 Å². The van der Waals surface area contributed by atoms with Crippen LogP contribution in [0, 0.1) is 11.7 Å². The number of halogens is 1. The van der Waals surface area contributed by atoms with Crippen LogP contribution in [-0.2, 0) is 22.6 Å². The fraction of sp³-hybridized carbons (Fsp3) is 0.471. The summed E-state index contributed by atoms with van der Waals surface area (Å²) in [5.74, 6) is 2.12. The molecule has 214 valence electrons. The summed E-state index contributed by atoms with van der Waals surface area (Å²) in [7, 11) is 1.67. The highest BCUT2D eigenvalue weighted by molar-refractivity contribution is 5.54. The Hall–Kier alpha value is -3.09. The standard InChI is InChI=1S/C34H42FNO4/c1-34(2)33(39-23-26-10-7-11-27(35)20-26)32(38-19-18-24-8-5-4-6-9-24)30-21-28(14-17-31(30)40-34)36-22-25-12-15-29(37-3)16-13-25/h7,10-17,20-21,24,32-33,36H,4-6,8-9,18-19,22-23H2,1-3H3. The Morgan fingerprint density at radius 1 is 0.925 bits per heavy atom. The van der Waals surface area contributed by atoms with Gasteiger partial charge in [-0.1, -0.05) is 56.4 Å². The van der Waals surface area contributed by atoms with Crippen LogP contribution in [-0.4, -0.2) is 25.4 Å². The van der Waals surface area contributed by atoms with Gasteiger partial charge in [0.25, 0.3) is 0 Å². The zero-order valence-electron chi connectivity index (χ0n) is 24.0. The van der Waals surface area contributed by atoms with Crippen molar-refractivity contribution in [2.75, 3.05) is 19.0 Å². The van der Waals surface area contributed by atoms with Gasteiger partial charge in [0, 0.05) is 24.4 Å². The number of ether oxygens (including phenoxy) is 4. The predicted octanol–water partition coefficient (Wildman–Crippen LogP) is 8.23. The van der Waals surface area contributed by atoms with Crippen LogP contribution in [0.25, 0.3) is 0 Å². The molecule has 0 aromatic heterocycles. The van der Waals surface area contributed by atoms with Crippen molar-refractivity contribution >= 4 is 5.69 Å². The lowest BCUT2D eigenvalue weighted by Crippen LogP contribution is -2.51. The van der Waals surface area contributed by atoms with Crippen molar-refractivity contribution < 1.29 is 23.3 Å². The van der Waals surface area contributed by atoms with E-state index in [-0.39, 0.29) is 24.6 Å². The Morgan fingerprint density at radius 3 is 2.48 bits per heavy atom. The van der Waals surface area contributed by atoms with Crippen molar-refractivity contribution in [2.45, 2.75) is 83.3 Å². The summed E-state index contributed by atoms with van der Waals surface area (Å²) in [5, 5.41) is 3.54. The number of methoxy groups -OCH3 is 1. The molecular formula is C34H42FNO4. The monoisotopic (exact) mass is 547 g/mol. The SMILES string of the molecule is COc1ccc(CNc2ccc3c(c2)C(OCCC2CCCCC2)C(OCc2cccc(F)c2)C(C)(C)O3)cc1. The Bertz CT molecular complexity index is 1240. The Labute approximate surface area is 238 Å². The van der Waals surface area contributed by atoms with E-state index < -0.39 is 5.60 Å². The minimum Gasteiger partial charge on any atom is -0.497 e. The van der Waals surface area contributed by atoms with Gasteiger partial charge in [0.1, 0.15) is 35.1 Å². The molecule has 1 aliphatic carbocycles. The summed E-state index contributed by atoms with van der Waals surface area (Å²) in [6.45, 7) is 5.72. The molecule has 0 spiro atoms. The molecule has 3 aromatic rings. The van der Waals surface area contributed by atoms with E-state index in [4.69, 9.17) is 18.9 Å². The summed E-state index contributed by atoms with van der Waals surface area (Å²) in [6.07, 6.45) is 6.95. The fourth-order valence-electron chi connectivity index (χ4n) is 5.91. The third-order valence-electron chi connectivity index (χ3n) is 8.17. The second kappa shape index (κ2) is 13.0. The van der Waals surface area contributed by atoms with Crippen molar-refractivity contribution in [3.8, 4) is 11.5 Å². The van der Waals surface area contributed by atoms with Gasteiger partial charge in [-0.2, -0.15) is 0 Å². The maximum absolute atomic E-state index is 13.9. The lowest BCUT2D eigenvalue weighted by atomic mass is 9.86. The molecular weight excluding hydrogens is 505 g/mol. The highest BCUT2D eigenvalue weighted by atomic mass is 19.1. The first kappa shape index (κ1) is 28.4. The van der Waals surface area contributed by atoms with Crippen molar-refractivity contribution in [3.05, 3.63) is 89.2 Å². The molecule has 40 heavy (non-hydrogen) atoms. The number of rotatable bonds is 11. The fourth-order valence-corrected chi connectivity index (χ4v) is 5.91. The maximum Gasteiger partial charge on any atom is 0.132 e. The van der Waals surface area contributed by atoms with Gasteiger partial charge in [-0.3, -0.25) is 0 Å². The van der Waals surface area contributed by atoms with Gasteiger partial charge in [-0.15, -0.1) is 0 Å². The highest BCUT2D eigenvalue weighted by Crippen LogP contribution is 2.45. The molecule has 2 aliphatic rings. The third-order valence-corrected chi connectivity index (χ3v) is 8.17. The smallest absolute Gasteiger partial charge is 0.132 e. The molecule has 0 bridgehead atoms. The topological polar surface area (TPSA) is 49.0 Å². The predicted molar refractivity (Wildman–Crippen MR) is 156 cm³/mol. The lowest BCUT2D eigenvalue weighted by Gasteiger charge is -2.44. The van der Waals surface area contributed by atoms with Crippen molar-refractivity contribution in [1.82, 2.24) is 0 Å². The molecule has 0 radical (unpaired) electrons. The summed E-state index contributed by atoms with van der Waals surface area (Å²) in [4.78, 5) is 0. The second-order valence-electron chi connectivity index (χ2n) is 11.6. The van der Waals surface area contributed by atoms with Gasteiger partial charge >= 0.3 is 0 Å². The van der Waals surface area contributed by atoms with E-state index in [1.54, 1.807) is 13.2 Å². The first-order valence-corrected chi connectivity index (χ1v) is 14.6. The average Bonchev–Trinajstić information content (AvgIpc) is 2.96. The van der Waals surface area contributed by atoms with Crippen LogP contribution in [0.2, 0.25) is 0 Å². The van der Waals surface area contributed by atoms with E-state index in [1.807, 2.05) is 44.2 Å². The van der Waals surface area contributed by atoms with Crippen molar-refractivity contribution in [3.63, 3.8) is 0 Å². The summed E-state index contributed by atoms with van der Waals surface area (Å²) in [6, 6.07) is 20.8. The van der Waals surface area contributed by atoms with Crippen molar-refractivity contribution in [1.29, 1.82) is 0 Å². The minimum absolute atomic E-state index is 0.265. The molecule has 5 rings (SSSR count). The van der Waals surface area contributed by atoms with E-state index >= 15 is 0 Å². The maximum atomic E-state index is 13.9. The van der Waals surface area contributed by atoms with Crippen LogP contribution in [0.4, 0.5) is 10.1 Å². The molecule has 6 heteroatoms. The first-order valence-electron chi connectivity index (χ1n) is 14.6. The zero-order valence-corrected chi connectivity index (χ0v) is 24.0. The molecule has 1 heterocycles. The van der Waals surface area contributed by atoms with Crippen LogP contribution in [0.5, 0.6) is 11.5 Å². The van der Waals surface area contributed by atoms with Gasteiger partial charge in [-0.25, -0.2) is 4.39 Å². The quantitative estimate of drug-likeness (QED) is 0.262. The van der Waals surface area contributed by atoms with Gasteiger partial charge in [0.2, 0.25) is 0 Å². The first-order chi connectivity index (χ1) is 19.4. The molecule has 1 aliphatic heterocycles. The van der Waals surface area contributed by atoms with Crippen LogP contribution in [0.15, 0.2) is 66.7 Å². The highest BCUT2D eigenvalue weighted by Gasteiger charge is 2.45. The van der Waals surface area contributed by atoms with Crippen LogP contribution in [0.1, 0.15) is 75.2 Å². The molecule has 5 nitrogen and oxygen atoms in total. The van der Waals surface area contributed by atoms with Gasteiger partial charge in [0.05, 0.1) is 13.7 Å². The van der Waals surface area contributed by atoms with E-state index in [2.05, 4.69) is 23.5 Å². The summed E-state index contributed by atoms with van der Waals surface area (Å²) >= 11 is 0. The Balaban J connectivity index is 1.35. The van der Waals surface area contributed by atoms with Crippen LogP contribution >= 0.6 is 0 Å². The van der Waals surface area contributed by atoms with Crippen LogP contribution in [0.3, 0.4) is 0 Å². The summed E-state index contributed by atoms with van der Waals surface area (Å²) < 4.78 is 38.8. The molecule has 0 amide bonds. The lowest BCUT2D eigenvalue weighted by molar-refractivity contribution is -0.168. The molecule has 1 fully saturated rings. The third kappa shape index (κ3) is 7.15.